The van der Waals surface area contributed by atoms with Crippen LogP contribution in [0.3, 0.4) is 0 Å². The van der Waals surface area contributed by atoms with E-state index in [0.29, 0.717) is 27.5 Å². The van der Waals surface area contributed by atoms with Gasteiger partial charge in [-0.25, -0.2) is 0 Å². The number of ketones is 1. The molecular formula is C18H16ClN3O2S. The highest BCUT2D eigenvalue weighted by atomic mass is 35.5. The van der Waals surface area contributed by atoms with Gasteiger partial charge in [0.25, 0.3) is 0 Å². The van der Waals surface area contributed by atoms with E-state index in [1.807, 2.05) is 41.0 Å². The number of thioether (sulfide) groups is 1. The lowest BCUT2D eigenvalue weighted by molar-refractivity contribution is -0.114. The van der Waals surface area contributed by atoms with Crippen LogP contribution in [0.4, 0.5) is 0 Å². The zero-order chi connectivity index (χ0) is 17.8. The van der Waals surface area contributed by atoms with Gasteiger partial charge in [0.15, 0.2) is 11.0 Å². The smallest absolute Gasteiger partial charge is 0.196 e. The normalized spacial score (nSPS) is 10.7. The third-order valence-electron chi connectivity index (χ3n) is 3.46. The number of ether oxygens (including phenoxy) is 1. The van der Waals surface area contributed by atoms with Gasteiger partial charge in [-0.3, -0.25) is 9.36 Å². The van der Waals surface area contributed by atoms with Crippen LogP contribution in [0.25, 0.3) is 17.1 Å². The largest absolute Gasteiger partial charge is 0.495 e. The Bertz CT molecular complexity index is 897. The fraction of sp³-hybridized carbons (Fsp3) is 0.167. The number of carbonyl (C=O) groups excluding carboxylic acids is 1. The van der Waals surface area contributed by atoms with Crippen LogP contribution in [-0.4, -0.2) is 33.4 Å². The summed E-state index contributed by atoms with van der Waals surface area (Å²) in [6.45, 7) is 1.55. The minimum atomic E-state index is 0.0774. The van der Waals surface area contributed by atoms with Gasteiger partial charge >= 0.3 is 0 Å². The summed E-state index contributed by atoms with van der Waals surface area (Å²) in [5.41, 5.74) is 1.73. The van der Waals surface area contributed by atoms with Crippen LogP contribution in [0.1, 0.15) is 6.92 Å². The highest BCUT2D eigenvalue weighted by molar-refractivity contribution is 7.99. The molecule has 0 fully saturated rings. The summed E-state index contributed by atoms with van der Waals surface area (Å²) < 4.78 is 7.12. The Morgan fingerprint density at radius 3 is 2.60 bits per heavy atom. The van der Waals surface area contributed by atoms with Crippen LogP contribution in [0.2, 0.25) is 5.02 Å². The summed E-state index contributed by atoms with van der Waals surface area (Å²) in [5.74, 6) is 1.69. The van der Waals surface area contributed by atoms with Gasteiger partial charge in [0.1, 0.15) is 11.5 Å². The molecule has 2 aromatic carbocycles. The number of hydrogen-bond acceptors (Lipinski definition) is 5. The molecule has 5 nitrogen and oxygen atoms in total. The van der Waals surface area contributed by atoms with Gasteiger partial charge in [0, 0.05) is 5.56 Å². The molecule has 0 bridgehead atoms. The van der Waals surface area contributed by atoms with Crippen molar-refractivity contribution in [1.29, 1.82) is 0 Å². The van der Waals surface area contributed by atoms with Gasteiger partial charge in [0.05, 0.1) is 23.6 Å². The maximum absolute atomic E-state index is 11.4. The van der Waals surface area contributed by atoms with Crippen molar-refractivity contribution < 1.29 is 9.53 Å². The molecule has 0 atom stereocenters. The number of aromatic nitrogens is 3. The topological polar surface area (TPSA) is 57.0 Å². The standard InChI is InChI=1S/C18H16ClN3O2S/c1-12(23)11-25-18-21-20-17(13-6-4-3-5-7-13)22(18)14-8-9-16(24-2)15(19)10-14/h3-10H,11H2,1-2H3. The molecule has 7 heteroatoms. The second kappa shape index (κ2) is 7.72. The number of nitrogens with zero attached hydrogens (tertiary/aromatic N) is 3. The first-order valence-electron chi connectivity index (χ1n) is 7.57. The minimum absolute atomic E-state index is 0.0774. The molecule has 0 spiro atoms. The van der Waals surface area contributed by atoms with E-state index in [-0.39, 0.29) is 5.78 Å². The van der Waals surface area contributed by atoms with Crippen molar-refractivity contribution in [3.8, 4) is 22.8 Å². The van der Waals surface area contributed by atoms with E-state index < -0.39 is 0 Å². The number of benzene rings is 2. The molecule has 0 saturated heterocycles. The number of Topliss-reactive ketones (excluding diaryl/α,β-unsaturated/α-hetero) is 1. The van der Waals surface area contributed by atoms with Crippen LogP contribution < -0.4 is 4.74 Å². The number of methoxy groups -OCH3 is 1. The Hall–Kier alpha value is -2.31. The van der Waals surface area contributed by atoms with E-state index >= 15 is 0 Å². The predicted molar refractivity (Wildman–Crippen MR) is 99.8 cm³/mol. The van der Waals surface area contributed by atoms with Crippen LogP contribution >= 0.6 is 23.4 Å². The SMILES string of the molecule is COc1ccc(-n2c(SCC(C)=O)nnc2-c2ccccc2)cc1Cl. The molecule has 0 aliphatic heterocycles. The summed E-state index contributed by atoms with van der Waals surface area (Å²) in [7, 11) is 1.57. The summed E-state index contributed by atoms with van der Waals surface area (Å²) in [5, 5.41) is 9.71. The average Bonchev–Trinajstić information content (AvgIpc) is 3.04. The lowest BCUT2D eigenvalue weighted by Gasteiger charge is -2.12. The highest BCUT2D eigenvalue weighted by Gasteiger charge is 2.17. The molecule has 0 radical (unpaired) electrons. The minimum Gasteiger partial charge on any atom is -0.495 e. The fourth-order valence-electron chi connectivity index (χ4n) is 2.33. The number of hydrogen-bond donors (Lipinski definition) is 0. The second-order valence-corrected chi connectivity index (χ2v) is 6.67. The molecule has 0 unspecified atom stereocenters. The summed E-state index contributed by atoms with van der Waals surface area (Å²) in [6.07, 6.45) is 0. The number of rotatable bonds is 6. The van der Waals surface area contributed by atoms with Crippen molar-refractivity contribution in [2.75, 3.05) is 12.9 Å². The summed E-state index contributed by atoms with van der Waals surface area (Å²) in [4.78, 5) is 11.4. The molecule has 128 valence electrons. The van der Waals surface area contributed by atoms with Crippen LogP contribution in [-0.2, 0) is 4.79 Å². The van der Waals surface area contributed by atoms with E-state index in [9.17, 15) is 4.79 Å². The Labute approximate surface area is 155 Å². The molecule has 0 aliphatic carbocycles. The molecule has 0 N–H and O–H groups in total. The third kappa shape index (κ3) is 3.86. The van der Waals surface area contributed by atoms with Gasteiger partial charge in [0.2, 0.25) is 0 Å². The quantitative estimate of drug-likeness (QED) is 0.604. The fourth-order valence-corrected chi connectivity index (χ4v) is 3.33. The first-order valence-corrected chi connectivity index (χ1v) is 8.93. The molecule has 25 heavy (non-hydrogen) atoms. The molecule has 0 saturated carbocycles. The Morgan fingerprint density at radius 1 is 1.20 bits per heavy atom. The van der Waals surface area contributed by atoms with Crippen LogP contribution in [0, 0.1) is 0 Å². The highest BCUT2D eigenvalue weighted by Crippen LogP contribution is 2.32. The average molecular weight is 374 g/mol. The van der Waals surface area contributed by atoms with Gasteiger partial charge in [-0.15, -0.1) is 10.2 Å². The molecule has 3 aromatic rings. The van der Waals surface area contributed by atoms with Crippen LogP contribution in [0.5, 0.6) is 5.75 Å². The number of carbonyl (C=O) groups is 1. The maximum atomic E-state index is 11.4. The lowest BCUT2D eigenvalue weighted by Crippen LogP contribution is -2.02. The first kappa shape index (κ1) is 17.5. The van der Waals surface area contributed by atoms with Crippen molar-refractivity contribution in [2.24, 2.45) is 0 Å². The summed E-state index contributed by atoms with van der Waals surface area (Å²) >= 11 is 7.63. The predicted octanol–water partition coefficient (Wildman–Crippen LogP) is 4.28. The molecule has 3 rings (SSSR count). The second-order valence-electron chi connectivity index (χ2n) is 5.32. The van der Waals surface area contributed by atoms with Gasteiger partial charge < -0.3 is 4.74 Å². The van der Waals surface area contributed by atoms with Crippen molar-refractivity contribution >= 4 is 29.1 Å². The molecule has 1 heterocycles. The third-order valence-corrected chi connectivity index (χ3v) is 4.83. The van der Waals surface area contributed by atoms with E-state index in [1.54, 1.807) is 26.2 Å². The first-order chi connectivity index (χ1) is 12.1. The number of halogens is 1. The molecular weight excluding hydrogens is 358 g/mol. The Balaban J connectivity index is 2.12. The molecule has 0 aliphatic rings. The van der Waals surface area contributed by atoms with E-state index in [1.165, 1.54) is 11.8 Å². The van der Waals surface area contributed by atoms with Gasteiger partial charge in [-0.1, -0.05) is 53.7 Å². The van der Waals surface area contributed by atoms with Gasteiger partial charge in [-0.05, 0) is 25.1 Å². The van der Waals surface area contributed by atoms with E-state index in [0.717, 1.165) is 11.3 Å². The van der Waals surface area contributed by atoms with E-state index in [2.05, 4.69) is 10.2 Å². The van der Waals surface area contributed by atoms with E-state index in [4.69, 9.17) is 16.3 Å². The van der Waals surface area contributed by atoms with Crippen molar-refractivity contribution in [3.63, 3.8) is 0 Å². The Kier molecular flexibility index (Phi) is 5.40. The summed E-state index contributed by atoms with van der Waals surface area (Å²) in [6, 6.07) is 15.2. The van der Waals surface area contributed by atoms with Crippen molar-refractivity contribution in [2.45, 2.75) is 12.1 Å². The zero-order valence-electron chi connectivity index (χ0n) is 13.8. The van der Waals surface area contributed by atoms with Crippen LogP contribution in [0.15, 0.2) is 53.7 Å². The van der Waals surface area contributed by atoms with Crippen molar-refractivity contribution in [1.82, 2.24) is 14.8 Å². The maximum Gasteiger partial charge on any atom is 0.196 e. The molecule has 0 amide bonds. The van der Waals surface area contributed by atoms with Gasteiger partial charge in [-0.2, -0.15) is 0 Å². The molecule has 1 aromatic heterocycles. The monoisotopic (exact) mass is 373 g/mol. The zero-order valence-corrected chi connectivity index (χ0v) is 15.3. The van der Waals surface area contributed by atoms with Crippen molar-refractivity contribution in [3.05, 3.63) is 53.6 Å². The lowest BCUT2D eigenvalue weighted by atomic mass is 10.2. The Morgan fingerprint density at radius 2 is 1.96 bits per heavy atom.